The molecule has 12 aromatic rings. The second-order valence-electron chi connectivity index (χ2n) is 14.3. The maximum atomic E-state index is 10.1. The summed E-state index contributed by atoms with van der Waals surface area (Å²) in [4.78, 5) is 0. The third kappa shape index (κ3) is 4.31. The lowest BCUT2D eigenvalue weighted by atomic mass is 10.0. The SMILES string of the molecule is N#Cc1cccc2c3ccccc3n(-c3ccc4sc5ccc(-c6ccc7sc8ccc(-n9c%10ccccc%10c%10cccc(C#N)c%109)cc8c7c6)cc5c4c3)c12. The topological polar surface area (TPSA) is 57.4 Å². The van der Waals surface area contributed by atoms with E-state index in [1.807, 2.05) is 46.9 Å². The van der Waals surface area contributed by atoms with Crippen LogP contribution in [0.1, 0.15) is 11.1 Å². The number of para-hydroxylation sites is 4. The first-order valence-corrected chi connectivity index (χ1v) is 20.1. The van der Waals surface area contributed by atoms with E-state index in [4.69, 9.17) is 0 Å². The Bertz CT molecular complexity index is 3500. The molecule has 8 aromatic carbocycles. The highest BCUT2D eigenvalue weighted by Gasteiger charge is 2.19. The molecule has 4 nitrogen and oxygen atoms in total. The first kappa shape index (κ1) is 31.2. The van der Waals surface area contributed by atoms with Crippen molar-refractivity contribution in [2.24, 2.45) is 0 Å². The molecule has 258 valence electrons. The molecule has 0 aliphatic heterocycles. The zero-order valence-corrected chi connectivity index (χ0v) is 31.2. The quantitative estimate of drug-likeness (QED) is 0.181. The molecule has 0 N–H and O–H groups in total. The predicted molar refractivity (Wildman–Crippen MR) is 236 cm³/mol. The van der Waals surface area contributed by atoms with Gasteiger partial charge < -0.3 is 9.13 Å². The van der Waals surface area contributed by atoms with Gasteiger partial charge in [0.15, 0.2) is 0 Å². The van der Waals surface area contributed by atoms with Gasteiger partial charge >= 0.3 is 0 Å². The number of nitrogens with zero attached hydrogens (tertiary/aromatic N) is 4. The van der Waals surface area contributed by atoms with E-state index in [2.05, 4.69) is 155 Å². The van der Waals surface area contributed by atoms with Crippen molar-refractivity contribution >= 4 is 107 Å². The standard InChI is InChI=1S/C50H26N4S2/c51-27-31-7-5-11-37-35-9-1-3-13-43(35)53(49(31)37)33-17-21-47-41(25-33)39-23-29(15-19-45(39)55-47)30-16-20-46-40(24-30)42-26-34(18-22-48(42)56-46)54-44-14-4-2-10-36(44)38-12-6-8-32(28-52)50(38)54/h1-26H. The molecule has 0 aliphatic rings. The number of hydrogen-bond acceptors (Lipinski definition) is 4. The van der Waals surface area contributed by atoms with E-state index < -0.39 is 0 Å². The molecule has 0 radical (unpaired) electrons. The smallest absolute Gasteiger partial charge is 0.101 e. The largest absolute Gasteiger partial charge is 0.308 e. The van der Waals surface area contributed by atoms with Gasteiger partial charge in [-0.15, -0.1) is 22.7 Å². The Morgan fingerprint density at radius 2 is 0.750 bits per heavy atom. The predicted octanol–water partition coefficient (Wildman–Crippen LogP) is 14.0. The minimum atomic E-state index is 0.668. The van der Waals surface area contributed by atoms with E-state index >= 15 is 0 Å². The van der Waals surface area contributed by atoms with Crippen molar-refractivity contribution in [1.29, 1.82) is 10.5 Å². The number of rotatable bonds is 3. The average molecular weight is 747 g/mol. The lowest BCUT2D eigenvalue weighted by molar-refractivity contribution is 1.18. The Kier molecular flexibility index (Phi) is 6.48. The Morgan fingerprint density at radius 3 is 1.20 bits per heavy atom. The second-order valence-corrected chi connectivity index (χ2v) is 16.5. The fourth-order valence-electron chi connectivity index (χ4n) is 8.92. The molecular weight excluding hydrogens is 721 g/mol. The molecule has 4 heterocycles. The first-order chi connectivity index (χ1) is 27.7. The summed E-state index contributed by atoms with van der Waals surface area (Å²) in [7, 11) is 0. The molecule has 0 saturated carbocycles. The minimum Gasteiger partial charge on any atom is -0.308 e. The van der Waals surface area contributed by atoms with Crippen molar-refractivity contribution in [3.05, 3.63) is 169 Å². The van der Waals surface area contributed by atoms with Crippen molar-refractivity contribution in [2.45, 2.75) is 0 Å². The molecule has 6 heteroatoms. The van der Waals surface area contributed by atoms with Crippen LogP contribution in [0.4, 0.5) is 0 Å². The maximum absolute atomic E-state index is 10.1. The lowest BCUT2D eigenvalue weighted by Crippen LogP contribution is -1.95. The zero-order chi connectivity index (χ0) is 37.1. The third-order valence-electron chi connectivity index (χ3n) is 11.4. The molecule has 0 unspecified atom stereocenters. The summed E-state index contributed by atoms with van der Waals surface area (Å²) in [6.45, 7) is 0. The fourth-order valence-corrected chi connectivity index (χ4v) is 11.1. The second kappa shape index (κ2) is 11.6. The molecule has 0 spiro atoms. The van der Waals surface area contributed by atoms with Crippen LogP contribution in [0.5, 0.6) is 0 Å². The van der Waals surface area contributed by atoms with Gasteiger partial charge in [0.05, 0.1) is 33.2 Å². The molecule has 4 aromatic heterocycles. The highest BCUT2D eigenvalue weighted by atomic mass is 32.1. The van der Waals surface area contributed by atoms with Gasteiger partial charge in [-0.1, -0.05) is 72.8 Å². The number of thiophene rings is 2. The highest BCUT2D eigenvalue weighted by molar-refractivity contribution is 7.26. The fraction of sp³-hybridized carbons (Fsp3) is 0. The van der Waals surface area contributed by atoms with Gasteiger partial charge in [-0.05, 0) is 96.1 Å². The van der Waals surface area contributed by atoms with E-state index in [1.165, 1.54) is 51.5 Å². The number of hydrogen-bond donors (Lipinski definition) is 0. The van der Waals surface area contributed by atoms with Crippen LogP contribution >= 0.6 is 22.7 Å². The molecule has 56 heavy (non-hydrogen) atoms. The first-order valence-electron chi connectivity index (χ1n) is 18.5. The number of benzene rings is 8. The highest BCUT2D eigenvalue weighted by Crippen LogP contribution is 2.43. The van der Waals surface area contributed by atoms with Crippen LogP contribution < -0.4 is 0 Å². The van der Waals surface area contributed by atoms with Crippen LogP contribution in [0, 0.1) is 22.7 Å². The summed E-state index contributed by atoms with van der Waals surface area (Å²) < 4.78 is 9.46. The number of aromatic nitrogens is 2. The van der Waals surface area contributed by atoms with Crippen molar-refractivity contribution in [3.63, 3.8) is 0 Å². The van der Waals surface area contributed by atoms with Crippen LogP contribution in [-0.4, -0.2) is 9.13 Å². The van der Waals surface area contributed by atoms with E-state index in [-0.39, 0.29) is 0 Å². The molecule has 0 atom stereocenters. The van der Waals surface area contributed by atoms with E-state index in [0.29, 0.717) is 11.1 Å². The summed E-state index contributed by atoms with van der Waals surface area (Å²) in [5.41, 5.74) is 9.84. The lowest BCUT2D eigenvalue weighted by Gasteiger charge is -2.10. The zero-order valence-electron chi connectivity index (χ0n) is 29.6. The van der Waals surface area contributed by atoms with Crippen LogP contribution in [-0.2, 0) is 0 Å². The maximum Gasteiger partial charge on any atom is 0.101 e. The monoisotopic (exact) mass is 746 g/mol. The average Bonchev–Trinajstić information content (AvgIpc) is 4.00. The summed E-state index contributed by atoms with van der Waals surface area (Å²) in [5, 5.41) is 29.6. The number of fused-ring (bicyclic) bond motifs is 12. The summed E-state index contributed by atoms with van der Waals surface area (Å²) in [5.74, 6) is 0. The van der Waals surface area contributed by atoms with Gasteiger partial charge in [0.1, 0.15) is 12.1 Å². The Hall–Kier alpha value is -7.22. The Balaban J connectivity index is 1.02. The van der Waals surface area contributed by atoms with Gasteiger partial charge in [-0.3, -0.25) is 0 Å². The van der Waals surface area contributed by atoms with Gasteiger partial charge in [0.2, 0.25) is 0 Å². The molecule has 0 fully saturated rings. The molecule has 12 rings (SSSR count). The molecule has 0 bridgehead atoms. The van der Waals surface area contributed by atoms with E-state index in [1.54, 1.807) is 0 Å². The van der Waals surface area contributed by atoms with Crippen molar-refractivity contribution in [1.82, 2.24) is 9.13 Å². The van der Waals surface area contributed by atoms with Gasteiger partial charge in [0, 0.05) is 73.3 Å². The normalized spacial score (nSPS) is 11.9. The Labute approximate surface area is 328 Å². The molecule has 0 saturated heterocycles. The van der Waals surface area contributed by atoms with Gasteiger partial charge in [-0.2, -0.15) is 10.5 Å². The van der Waals surface area contributed by atoms with E-state index in [9.17, 15) is 10.5 Å². The summed E-state index contributed by atoms with van der Waals surface area (Å²) in [6, 6.07) is 60.8. The minimum absolute atomic E-state index is 0.668. The van der Waals surface area contributed by atoms with Crippen molar-refractivity contribution in [3.8, 4) is 34.6 Å². The van der Waals surface area contributed by atoms with Crippen LogP contribution in [0.15, 0.2) is 158 Å². The summed E-state index contributed by atoms with van der Waals surface area (Å²) >= 11 is 3.63. The molecular formula is C50H26N4S2. The molecule has 0 amide bonds. The van der Waals surface area contributed by atoms with E-state index in [0.717, 1.165) is 55.0 Å². The number of nitriles is 2. The van der Waals surface area contributed by atoms with Gasteiger partial charge in [-0.25, -0.2) is 0 Å². The van der Waals surface area contributed by atoms with Crippen LogP contribution in [0.2, 0.25) is 0 Å². The van der Waals surface area contributed by atoms with Crippen LogP contribution in [0.25, 0.3) is 106 Å². The van der Waals surface area contributed by atoms with Crippen LogP contribution in [0.3, 0.4) is 0 Å². The Morgan fingerprint density at radius 1 is 0.357 bits per heavy atom. The summed E-state index contributed by atoms with van der Waals surface area (Å²) in [6.07, 6.45) is 0. The third-order valence-corrected chi connectivity index (χ3v) is 13.7. The molecule has 0 aliphatic carbocycles. The van der Waals surface area contributed by atoms with Crippen molar-refractivity contribution < 1.29 is 0 Å². The van der Waals surface area contributed by atoms with Gasteiger partial charge in [0.25, 0.3) is 0 Å². The van der Waals surface area contributed by atoms with Crippen molar-refractivity contribution in [2.75, 3.05) is 0 Å².